The van der Waals surface area contributed by atoms with Gasteiger partial charge in [0.1, 0.15) is 5.54 Å². The number of hydrogen-bond acceptors (Lipinski definition) is 3. The summed E-state index contributed by atoms with van der Waals surface area (Å²) >= 11 is 0. The van der Waals surface area contributed by atoms with Gasteiger partial charge in [-0.1, -0.05) is 13.3 Å². The predicted molar refractivity (Wildman–Crippen MR) is 73.8 cm³/mol. The van der Waals surface area contributed by atoms with Crippen LogP contribution in [0.4, 0.5) is 0 Å². The van der Waals surface area contributed by atoms with Gasteiger partial charge in [0.05, 0.1) is 0 Å². The van der Waals surface area contributed by atoms with Crippen molar-refractivity contribution in [2.75, 3.05) is 26.7 Å². The summed E-state index contributed by atoms with van der Waals surface area (Å²) in [6, 6.07) is 0.623. The number of aliphatic carboxylic acids is 1. The van der Waals surface area contributed by atoms with Crippen molar-refractivity contribution in [3.8, 4) is 0 Å². The van der Waals surface area contributed by atoms with E-state index >= 15 is 0 Å². The van der Waals surface area contributed by atoms with E-state index in [4.69, 9.17) is 0 Å². The molecule has 4 heteroatoms. The van der Waals surface area contributed by atoms with E-state index < -0.39 is 11.5 Å². The fourth-order valence-corrected chi connectivity index (χ4v) is 2.78. The van der Waals surface area contributed by atoms with Gasteiger partial charge in [0.15, 0.2) is 0 Å². The first-order valence-corrected chi connectivity index (χ1v) is 7.08. The standard InChI is InChI=1S/C14H28N2O2/c1-5-16(14(2,3)13(17)18)11-9-12-8-6-7-10-15(12)4/h12H,5-11H2,1-4H3,(H,17,18). The normalized spacial score (nSPS) is 22.4. The first-order chi connectivity index (χ1) is 8.39. The Morgan fingerprint density at radius 2 is 2.11 bits per heavy atom. The molecule has 0 spiro atoms. The predicted octanol–water partition coefficient (Wildman–Crippen LogP) is 2.05. The highest BCUT2D eigenvalue weighted by molar-refractivity contribution is 5.77. The Bertz CT molecular complexity index is 279. The monoisotopic (exact) mass is 256 g/mol. The van der Waals surface area contributed by atoms with Crippen LogP contribution in [-0.2, 0) is 4.79 Å². The second-order valence-corrected chi connectivity index (χ2v) is 5.86. The fourth-order valence-electron chi connectivity index (χ4n) is 2.78. The summed E-state index contributed by atoms with van der Waals surface area (Å²) in [7, 11) is 2.18. The largest absolute Gasteiger partial charge is 0.480 e. The van der Waals surface area contributed by atoms with Crippen LogP contribution in [0.2, 0.25) is 0 Å². The van der Waals surface area contributed by atoms with Crippen molar-refractivity contribution in [1.29, 1.82) is 0 Å². The summed E-state index contributed by atoms with van der Waals surface area (Å²) in [5.41, 5.74) is -0.762. The summed E-state index contributed by atoms with van der Waals surface area (Å²) in [6.45, 7) is 8.46. The molecule has 1 saturated heterocycles. The van der Waals surface area contributed by atoms with E-state index in [9.17, 15) is 9.90 Å². The Morgan fingerprint density at radius 3 is 2.61 bits per heavy atom. The molecule has 0 aromatic heterocycles. The van der Waals surface area contributed by atoms with Gasteiger partial charge in [0, 0.05) is 12.6 Å². The number of carboxylic acids is 1. The van der Waals surface area contributed by atoms with E-state index in [0.717, 1.165) is 19.5 Å². The zero-order valence-electron chi connectivity index (χ0n) is 12.3. The van der Waals surface area contributed by atoms with E-state index in [1.54, 1.807) is 13.8 Å². The molecule has 1 atom stereocenters. The van der Waals surface area contributed by atoms with Crippen molar-refractivity contribution in [2.45, 2.75) is 58.0 Å². The SMILES string of the molecule is CCN(CCC1CCCCN1C)C(C)(C)C(=O)O. The fraction of sp³-hybridized carbons (Fsp3) is 0.929. The lowest BCUT2D eigenvalue weighted by Gasteiger charge is -2.38. The van der Waals surface area contributed by atoms with Gasteiger partial charge in [-0.05, 0) is 53.2 Å². The molecule has 1 rings (SSSR count). The molecule has 0 saturated carbocycles. The van der Waals surface area contributed by atoms with E-state index in [1.807, 2.05) is 6.92 Å². The Balaban J connectivity index is 2.51. The Hall–Kier alpha value is -0.610. The number of hydrogen-bond donors (Lipinski definition) is 1. The molecule has 1 aliphatic heterocycles. The van der Waals surface area contributed by atoms with Crippen molar-refractivity contribution in [1.82, 2.24) is 9.80 Å². The van der Waals surface area contributed by atoms with Crippen LogP contribution < -0.4 is 0 Å². The third-order valence-electron chi connectivity index (χ3n) is 4.35. The lowest BCUT2D eigenvalue weighted by atomic mass is 9.97. The smallest absolute Gasteiger partial charge is 0.323 e. The molecule has 0 aromatic rings. The van der Waals surface area contributed by atoms with Gasteiger partial charge in [0.25, 0.3) is 0 Å². The molecule has 1 unspecified atom stereocenters. The highest BCUT2D eigenvalue weighted by atomic mass is 16.4. The Kier molecular flexibility index (Phi) is 5.60. The molecule has 0 aliphatic carbocycles. The molecule has 1 aliphatic rings. The van der Waals surface area contributed by atoms with Gasteiger partial charge in [-0.25, -0.2) is 0 Å². The van der Waals surface area contributed by atoms with Crippen LogP contribution in [0.15, 0.2) is 0 Å². The van der Waals surface area contributed by atoms with Gasteiger partial charge in [-0.3, -0.25) is 9.69 Å². The van der Waals surface area contributed by atoms with Crippen LogP contribution in [0.5, 0.6) is 0 Å². The molecule has 18 heavy (non-hydrogen) atoms. The molecule has 1 fully saturated rings. The molecule has 0 radical (unpaired) electrons. The molecule has 106 valence electrons. The molecule has 0 bridgehead atoms. The molecule has 1 heterocycles. The zero-order chi connectivity index (χ0) is 13.8. The molecular formula is C14H28N2O2. The van der Waals surface area contributed by atoms with Crippen LogP contribution in [0.25, 0.3) is 0 Å². The van der Waals surface area contributed by atoms with Gasteiger partial charge in [-0.15, -0.1) is 0 Å². The quantitative estimate of drug-likeness (QED) is 0.790. The maximum Gasteiger partial charge on any atom is 0.323 e. The van der Waals surface area contributed by atoms with Crippen molar-refractivity contribution < 1.29 is 9.90 Å². The van der Waals surface area contributed by atoms with Gasteiger partial charge in [0.2, 0.25) is 0 Å². The maximum absolute atomic E-state index is 11.3. The van der Waals surface area contributed by atoms with Crippen LogP contribution in [-0.4, -0.2) is 59.1 Å². The van der Waals surface area contributed by atoms with E-state index in [2.05, 4.69) is 16.8 Å². The number of carbonyl (C=O) groups is 1. The minimum absolute atomic E-state index is 0.623. The van der Waals surface area contributed by atoms with Crippen molar-refractivity contribution in [2.24, 2.45) is 0 Å². The van der Waals surface area contributed by atoms with Crippen molar-refractivity contribution >= 4 is 5.97 Å². The lowest BCUT2D eigenvalue weighted by molar-refractivity contribution is -0.149. The summed E-state index contributed by atoms with van der Waals surface area (Å²) < 4.78 is 0. The Morgan fingerprint density at radius 1 is 1.44 bits per heavy atom. The Labute approximate surface area is 111 Å². The van der Waals surface area contributed by atoms with Gasteiger partial charge in [-0.2, -0.15) is 0 Å². The third-order valence-corrected chi connectivity index (χ3v) is 4.35. The number of likely N-dealkylation sites (tertiary alicyclic amines) is 1. The van der Waals surface area contributed by atoms with Crippen LogP contribution in [0.3, 0.4) is 0 Å². The topological polar surface area (TPSA) is 43.8 Å². The molecular weight excluding hydrogens is 228 g/mol. The zero-order valence-corrected chi connectivity index (χ0v) is 12.3. The van der Waals surface area contributed by atoms with Gasteiger partial charge < -0.3 is 10.0 Å². The minimum atomic E-state index is -0.762. The van der Waals surface area contributed by atoms with Crippen LogP contribution in [0.1, 0.15) is 46.5 Å². The molecule has 0 amide bonds. The summed E-state index contributed by atoms with van der Waals surface area (Å²) in [5, 5.41) is 9.28. The average Bonchev–Trinajstić information content (AvgIpc) is 2.31. The number of carboxylic acid groups (broad SMARTS) is 1. The first-order valence-electron chi connectivity index (χ1n) is 7.08. The molecule has 4 nitrogen and oxygen atoms in total. The summed E-state index contributed by atoms with van der Waals surface area (Å²) in [5.74, 6) is -0.735. The number of piperidine rings is 1. The number of nitrogens with zero attached hydrogens (tertiary/aromatic N) is 2. The summed E-state index contributed by atoms with van der Waals surface area (Å²) in [6.07, 6.45) is 4.93. The molecule has 0 aromatic carbocycles. The van der Waals surface area contributed by atoms with E-state index in [-0.39, 0.29) is 0 Å². The van der Waals surface area contributed by atoms with Crippen LogP contribution in [0, 0.1) is 0 Å². The van der Waals surface area contributed by atoms with E-state index in [0.29, 0.717) is 6.04 Å². The second kappa shape index (κ2) is 6.53. The summed E-state index contributed by atoms with van der Waals surface area (Å²) in [4.78, 5) is 15.8. The van der Waals surface area contributed by atoms with Gasteiger partial charge >= 0.3 is 5.97 Å². The second-order valence-electron chi connectivity index (χ2n) is 5.86. The highest BCUT2D eigenvalue weighted by Crippen LogP contribution is 2.21. The lowest BCUT2D eigenvalue weighted by Crippen LogP contribution is -2.51. The molecule has 1 N–H and O–H groups in total. The third kappa shape index (κ3) is 3.69. The maximum atomic E-state index is 11.3. The van der Waals surface area contributed by atoms with Crippen molar-refractivity contribution in [3.63, 3.8) is 0 Å². The van der Waals surface area contributed by atoms with Crippen LogP contribution >= 0.6 is 0 Å². The number of likely N-dealkylation sites (N-methyl/N-ethyl adjacent to an activating group) is 1. The van der Waals surface area contributed by atoms with E-state index in [1.165, 1.54) is 25.8 Å². The van der Waals surface area contributed by atoms with Crippen molar-refractivity contribution in [3.05, 3.63) is 0 Å². The first kappa shape index (κ1) is 15.4. The number of rotatable bonds is 6. The minimum Gasteiger partial charge on any atom is -0.480 e. The highest BCUT2D eigenvalue weighted by Gasteiger charge is 2.33. The average molecular weight is 256 g/mol.